The number of benzene rings is 2. The molecule has 0 aliphatic rings. The van der Waals surface area contributed by atoms with Crippen molar-refractivity contribution in [2.24, 2.45) is 0 Å². The van der Waals surface area contributed by atoms with Crippen LogP contribution < -0.4 is 4.74 Å². The van der Waals surface area contributed by atoms with Crippen LogP contribution in [0, 0.1) is 26.2 Å². The fourth-order valence-corrected chi connectivity index (χ4v) is 3.23. The highest BCUT2D eigenvalue weighted by molar-refractivity contribution is 5.96. The average Bonchev–Trinajstić information content (AvgIpc) is 3.05. The predicted molar refractivity (Wildman–Crippen MR) is 118 cm³/mol. The largest absolute Gasteiger partial charge is 0.512 e. The quantitative estimate of drug-likeness (QED) is 0.361. The van der Waals surface area contributed by atoms with Crippen molar-refractivity contribution in [2.75, 3.05) is 6.61 Å². The molecule has 29 heavy (non-hydrogen) atoms. The summed E-state index contributed by atoms with van der Waals surface area (Å²) in [6, 6.07) is 14.0. The Bertz CT molecular complexity index is 1070. The maximum Gasteiger partial charge on any atom is 0.138 e. The number of H-pyrrole nitrogens is 1. The first-order valence-electron chi connectivity index (χ1n) is 9.58. The zero-order chi connectivity index (χ0) is 21.1. The highest BCUT2D eigenvalue weighted by Crippen LogP contribution is 2.29. The van der Waals surface area contributed by atoms with Gasteiger partial charge in [0.25, 0.3) is 0 Å². The van der Waals surface area contributed by atoms with Crippen molar-refractivity contribution in [2.45, 2.75) is 34.6 Å². The van der Waals surface area contributed by atoms with Gasteiger partial charge in [-0.1, -0.05) is 18.2 Å². The van der Waals surface area contributed by atoms with Gasteiger partial charge >= 0.3 is 0 Å². The molecule has 0 amide bonds. The second-order valence-electron chi connectivity index (χ2n) is 7.30. The standard InChI is InChI=1S/C24H27N3O2/c1-14-7-6-8-21(15(14)2)24-26-17(4)23(27-24)19-9-11-20(12-10-19)29-13-22(16(3)25)18(5)28/h6-12,25,28H,13H2,1-5H3,(H,26,27)/b22-18-,25-16?. The SMILES string of the molecule is CC(=N)/C(COc1ccc(-c2[nH]c(-c3cccc(C)c3C)nc2C)cc1)=C(/C)O. The lowest BCUT2D eigenvalue weighted by atomic mass is 10.0. The molecule has 0 aliphatic heterocycles. The molecule has 0 spiro atoms. The van der Waals surface area contributed by atoms with E-state index in [1.54, 1.807) is 13.8 Å². The molecule has 0 radical (unpaired) electrons. The molecular formula is C24H27N3O2. The van der Waals surface area contributed by atoms with Gasteiger partial charge in [0.15, 0.2) is 0 Å². The Morgan fingerprint density at radius 3 is 2.38 bits per heavy atom. The minimum absolute atomic E-state index is 0.112. The number of aliphatic hydroxyl groups excluding tert-OH is 1. The summed E-state index contributed by atoms with van der Waals surface area (Å²) in [5.41, 5.74) is 7.32. The third-order valence-electron chi connectivity index (χ3n) is 5.16. The molecule has 5 nitrogen and oxygen atoms in total. The van der Waals surface area contributed by atoms with Gasteiger partial charge in [0.2, 0.25) is 0 Å². The van der Waals surface area contributed by atoms with E-state index in [2.05, 4.69) is 31.0 Å². The number of hydrogen-bond donors (Lipinski definition) is 3. The van der Waals surface area contributed by atoms with Crippen LogP contribution in [0.5, 0.6) is 5.75 Å². The van der Waals surface area contributed by atoms with Crippen LogP contribution in [0.15, 0.2) is 53.8 Å². The number of aliphatic hydroxyl groups is 1. The normalized spacial score (nSPS) is 11.9. The predicted octanol–water partition coefficient (Wildman–Crippen LogP) is 5.92. The molecule has 3 aromatic rings. The molecule has 1 aromatic heterocycles. The molecule has 0 atom stereocenters. The van der Waals surface area contributed by atoms with Gasteiger partial charge in [-0.3, -0.25) is 0 Å². The highest BCUT2D eigenvalue weighted by Gasteiger charge is 2.13. The van der Waals surface area contributed by atoms with Gasteiger partial charge in [0.1, 0.15) is 18.2 Å². The van der Waals surface area contributed by atoms with Crippen LogP contribution in [0.2, 0.25) is 0 Å². The average molecular weight is 389 g/mol. The van der Waals surface area contributed by atoms with E-state index in [-0.39, 0.29) is 12.4 Å². The molecule has 0 unspecified atom stereocenters. The first kappa shape index (κ1) is 20.4. The van der Waals surface area contributed by atoms with Gasteiger partial charge < -0.3 is 20.2 Å². The number of ether oxygens (including phenoxy) is 1. The Labute approximate surface area is 171 Å². The molecule has 0 saturated heterocycles. The van der Waals surface area contributed by atoms with Crippen molar-refractivity contribution in [3.05, 3.63) is 70.6 Å². The molecular weight excluding hydrogens is 362 g/mol. The zero-order valence-electron chi connectivity index (χ0n) is 17.6. The molecule has 2 aromatic carbocycles. The maximum atomic E-state index is 9.66. The van der Waals surface area contributed by atoms with Crippen molar-refractivity contribution >= 4 is 5.71 Å². The van der Waals surface area contributed by atoms with E-state index >= 15 is 0 Å². The van der Waals surface area contributed by atoms with Gasteiger partial charge in [0, 0.05) is 22.4 Å². The molecule has 3 N–H and O–H groups in total. The van der Waals surface area contributed by atoms with E-state index < -0.39 is 0 Å². The third-order valence-corrected chi connectivity index (χ3v) is 5.16. The number of allylic oxidation sites excluding steroid dienone is 1. The Morgan fingerprint density at radius 1 is 1.07 bits per heavy atom. The first-order chi connectivity index (χ1) is 13.8. The number of hydrogen-bond acceptors (Lipinski definition) is 4. The zero-order valence-corrected chi connectivity index (χ0v) is 17.6. The van der Waals surface area contributed by atoms with Gasteiger partial charge in [-0.25, -0.2) is 4.98 Å². The van der Waals surface area contributed by atoms with E-state index in [1.807, 2.05) is 37.3 Å². The molecule has 0 saturated carbocycles. The Kier molecular flexibility index (Phi) is 5.87. The Morgan fingerprint density at radius 2 is 1.76 bits per heavy atom. The molecule has 1 heterocycles. The first-order valence-corrected chi connectivity index (χ1v) is 9.58. The summed E-state index contributed by atoms with van der Waals surface area (Å²) in [5, 5.41) is 17.4. The van der Waals surface area contributed by atoms with Crippen LogP contribution in [-0.4, -0.2) is 27.4 Å². The number of aromatic nitrogens is 2. The lowest BCUT2D eigenvalue weighted by Crippen LogP contribution is -2.10. The smallest absolute Gasteiger partial charge is 0.138 e. The van der Waals surface area contributed by atoms with Crippen LogP contribution in [0.25, 0.3) is 22.6 Å². The van der Waals surface area contributed by atoms with Crippen molar-refractivity contribution in [1.82, 2.24) is 9.97 Å². The van der Waals surface area contributed by atoms with Gasteiger partial charge in [-0.2, -0.15) is 0 Å². The lowest BCUT2D eigenvalue weighted by Gasteiger charge is -2.10. The van der Waals surface area contributed by atoms with E-state index in [4.69, 9.17) is 15.1 Å². The van der Waals surface area contributed by atoms with E-state index in [0.29, 0.717) is 17.0 Å². The second-order valence-corrected chi connectivity index (χ2v) is 7.30. The molecule has 5 heteroatoms. The summed E-state index contributed by atoms with van der Waals surface area (Å²) in [6.45, 7) is 9.58. The Balaban J connectivity index is 1.82. The third kappa shape index (κ3) is 4.40. The number of imidazole rings is 1. The molecule has 0 aliphatic carbocycles. The number of aryl methyl sites for hydroxylation is 2. The topological polar surface area (TPSA) is 82.0 Å². The monoisotopic (exact) mass is 389 g/mol. The molecule has 3 rings (SSSR count). The van der Waals surface area contributed by atoms with Crippen molar-refractivity contribution in [3.8, 4) is 28.4 Å². The summed E-state index contributed by atoms with van der Waals surface area (Å²) >= 11 is 0. The molecule has 150 valence electrons. The van der Waals surface area contributed by atoms with Crippen molar-refractivity contribution in [1.29, 1.82) is 5.41 Å². The van der Waals surface area contributed by atoms with E-state index in [9.17, 15) is 5.11 Å². The summed E-state index contributed by atoms with van der Waals surface area (Å²) in [5.74, 6) is 1.66. The molecule has 0 bridgehead atoms. The number of nitrogens with one attached hydrogen (secondary N) is 2. The van der Waals surface area contributed by atoms with Crippen LogP contribution in [0.1, 0.15) is 30.7 Å². The fourth-order valence-electron chi connectivity index (χ4n) is 3.23. The van der Waals surface area contributed by atoms with E-state index in [0.717, 1.165) is 28.3 Å². The van der Waals surface area contributed by atoms with Gasteiger partial charge in [-0.15, -0.1) is 0 Å². The lowest BCUT2D eigenvalue weighted by molar-refractivity contribution is 0.340. The van der Waals surface area contributed by atoms with Crippen molar-refractivity contribution < 1.29 is 9.84 Å². The van der Waals surface area contributed by atoms with Crippen LogP contribution >= 0.6 is 0 Å². The van der Waals surface area contributed by atoms with E-state index in [1.165, 1.54) is 11.1 Å². The number of aromatic amines is 1. The van der Waals surface area contributed by atoms with Crippen molar-refractivity contribution in [3.63, 3.8) is 0 Å². The van der Waals surface area contributed by atoms with Crippen LogP contribution in [0.4, 0.5) is 0 Å². The minimum atomic E-state index is 0.112. The second kappa shape index (κ2) is 8.35. The minimum Gasteiger partial charge on any atom is -0.512 e. The molecule has 0 fully saturated rings. The Hall–Kier alpha value is -3.34. The number of rotatable bonds is 6. The number of nitrogens with zero attached hydrogens (tertiary/aromatic N) is 1. The summed E-state index contributed by atoms with van der Waals surface area (Å²) < 4.78 is 5.73. The highest BCUT2D eigenvalue weighted by atomic mass is 16.5. The van der Waals surface area contributed by atoms with Crippen LogP contribution in [-0.2, 0) is 0 Å². The fraction of sp³-hybridized carbons (Fsp3) is 0.250. The summed E-state index contributed by atoms with van der Waals surface area (Å²) in [4.78, 5) is 8.20. The van der Waals surface area contributed by atoms with Crippen LogP contribution in [0.3, 0.4) is 0 Å². The summed E-state index contributed by atoms with van der Waals surface area (Å²) in [6.07, 6.45) is 0. The van der Waals surface area contributed by atoms with Gasteiger partial charge in [0.05, 0.1) is 17.1 Å². The maximum absolute atomic E-state index is 9.66. The summed E-state index contributed by atoms with van der Waals surface area (Å²) in [7, 11) is 0. The van der Waals surface area contributed by atoms with Gasteiger partial charge in [-0.05, 0) is 70.0 Å².